The average molecular weight is 362 g/mol. The molecule has 144 valence electrons. The Morgan fingerprint density at radius 1 is 1.15 bits per heavy atom. The van der Waals surface area contributed by atoms with E-state index in [-0.39, 0.29) is 24.0 Å². The molecule has 2 atom stereocenters. The van der Waals surface area contributed by atoms with E-state index >= 15 is 0 Å². The predicted octanol–water partition coefficient (Wildman–Crippen LogP) is 3.58. The predicted molar refractivity (Wildman–Crippen MR) is 102 cm³/mol. The number of nitrogens with one attached hydrogen (secondary N) is 2. The Kier molecular flexibility index (Phi) is 8.06. The summed E-state index contributed by atoms with van der Waals surface area (Å²) in [6.45, 7) is 7.39. The van der Waals surface area contributed by atoms with E-state index in [4.69, 9.17) is 9.47 Å². The summed E-state index contributed by atoms with van der Waals surface area (Å²) >= 11 is 0. The van der Waals surface area contributed by atoms with Crippen LogP contribution < -0.4 is 10.6 Å². The third-order valence-electron chi connectivity index (χ3n) is 4.19. The molecule has 0 spiro atoms. The lowest BCUT2D eigenvalue weighted by molar-refractivity contribution is -0.124. The second-order valence-electron chi connectivity index (χ2n) is 7.18. The lowest BCUT2D eigenvalue weighted by atomic mass is 10.1. The molecule has 26 heavy (non-hydrogen) atoms. The van der Waals surface area contributed by atoms with Crippen LogP contribution in [0.5, 0.6) is 0 Å². The van der Waals surface area contributed by atoms with Crippen LogP contribution in [0, 0.1) is 5.92 Å². The fourth-order valence-corrected chi connectivity index (χ4v) is 2.95. The van der Waals surface area contributed by atoms with Crippen LogP contribution in [-0.4, -0.2) is 37.2 Å². The van der Waals surface area contributed by atoms with Gasteiger partial charge in [-0.25, -0.2) is 0 Å². The standard InChI is InChI=1S/C20H30N2O4/c1-14(2)13-15(3)25-12-10-19(23)21-16-6-8-17(9-7-16)22-20(24)18-5-4-11-26-18/h6-9,14-15,18H,4-5,10-13H2,1-3H3,(H,21,23)(H,22,24)/t15-,18-/m0/s1. The van der Waals surface area contributed by atoms with Gasteiger partial charge in [0.25, 0.3) is 5.91 Å². The first kappa shape index (κ1) is 20.4. The average Bonchev–Trinajstić information content (AvgIpc) is 3.10. The number of amides is 2. The minimum Gasteiger partial charge on any atom is -0.378 e. The van der Waals surface area contributed by atoms with Crippen molar-refractivity contribution in [1.29, 1.82) is 0 Å². The molecule has 1 saturated heterocycles. The summed E-state index contributed by atoms with van der Waals surface area (Å²) in [6.07, 6.45) is 2.80. The quantitative estimate of drug-likeness (QED) is 0.704. The van der Waals surface area contributed by atoms with Crippen LogP contribution in [-0.2, 0) is 19.1 Å². The van der Waals surface area contributed by atoms with Crippen LogP contribution in [0.15, 0.2) is 24.3 Å². The molecule has 6 heteroatoms. The van der Waals surface area contributed by atoms with Gasteiger partial charge < -0.3 is 20.1 Å². The Labute approximate surface area is 155 Å². The van der Waals surface area contributed by atoms with Crippen molar-refractivity contribution in [2.75, 3.05) is 23.8 Å². The van der Waals surface area contributed by atoms with Crippen molar-refractivity contribution in [3.63, 3.8) is 0 Å². The summed E-state index contributed by atoms with van der Waals surface area (Å²) in [5.41, 5.74) is 1.38. The summed E-state index contributed by atoms with van der Waals surface area (Å²) in [5, 5.41) is 5.67. The maximum Gasteiger partial charge on any atom is 0.253 e. The Morgan fingerprint density at radius 2 is 1.81 bits per heavy atom. The van der Waals surface area contributed by atoms with Gasteiger partial charge in [0, 0.05) is 18.0 Å². The van der Waals surface area contributed by atoms with Gasteiger partial charge in [-0.15, -0.1) is 0 Å². The first-order valence-electron chi connectivity index (χ1n) is 9.38. The molecule has 0 saturated carbocycles. The zero-order valence-corrected chi connectivity index (χ0v) is 15.9. The van der Waals surface area contributed by atoms with Crippen molar-refractivity contribution in [3.05, 3.63) is 24.3 Å². The smallest absolute Gasteiger partial charge is 0.253 e. The van der Waals surface area contributed by atoms with E-state index in [0.717, 1.165) is 19.3 Å². The van der Waals surface area contributed by atoms with Crippen LogP contribution >= 0.6 is 0 Å². The van der Waals surface area contributed by atoms with E-state index in [2.05, 4.69) is 24.5 Å². The van der Waals surface area contributed by atoms with Gasteiger partial charge in [-0.2, -0.15) is 0 Å². The molecular formula is C20H30N2O4. The molecule has 2 N–H and O–H groups in total. The van der Waals surface area contributed by atoms with Crippen molar-refractivity contribution in [2.24, 2.45) is 5.92 Å². The van der Waals surface area contributed by atoms with Gasteiger partial charge in [-0.1, -0.05) is 13.8 Å². The molecule has 0 radical (unpaired) electrons. The maximum atomic E-state index is 12.0. The highest BCUT2D eigenvalue weighted by Gasteiger charge is 2.23. The Morgan fingerprint density at radius 3 is 2.38 bits per heavy atom. The van der Waals surface area contributed by atoms with Gasteiger partial charge in [0.05, 0.1) is 19.1 Å². The van der Waals surface area contributed by atoms with Crippen molar-refractivity contribution in [2.45, 2.75) is 58.7 Å². The largest absolute Gasteiger partial charge is 0.378 e. The molecule has 1 aliphatic heterocycles. The zero-order valence-electron chi connectivity index (χ0n) is 15.9. The van der Waals surface area contributed by atoms with Gasteiger partial charge in [0.1, 0.15) is 6.10 Å². The molecule has 1 aliphatic rings. The van der Waals surface area contributed by atoms with Crippen LogP contribution in [0.1, 0.15) is 46.5 Å². The summed E-state index contributed by atoms with van der Waals surface area (Å²) in [6, 6.07) is 7.07. The summed E-state index contributed by atoms with van der Waals surface area (Å²) < 4.78 is 11.0. The van der Waals surface area contributed by atoms with Crippen LogP contribution in [0.25, 0.3) is 0 Å². The number of carbonyl (C=O) groups is 2. The first-order valence-corrected chi connectivity index (χ1v) is 9.38. The molecule has 2 rings (SSSR count). The highest BCUT2D eigenvalue weighted by Crippen LogP contribution is 2.17. The van der Waals surface area contributed by atoms with Gasteiger partial charge in [-0.3, -0.25) is 9.59 Å². The molecule has 1 heterocycles. The second kappa shape index (κ2) is 10.3. The molecule has 0 aliphatic carbocycles. The number of ether oxygens (including phenoxy) is 2. The Balaban J connectivity index is 1.70. The molecule has 0 unspecified atom stereocenters. The molecule has 0 bridgehead atoms. The van der Waals surface area contributed by atoms with Gasteiger partial charge in [0.2, 0.25) is 5.91 Å². The molecule has 1 fully saturated rings. The lowest BCUT2D eigenvalue weighted by Crippen LogP contribution is -2.26. The van der Waals surface area contributed by atoms with E-state index in [0.29, 0.717) is 36.9 Å². The normalized spacial score (nSPS) is 17.9. The molecular weight excluding hydrogens is 332 g/mol. The minimum atomic E-state index is -0.354. The van der Waals surface area contributed by atoms with E-state index in [1.807, 2.05) is 6.92 Å². The lowest BCUT2D eigenvalue weighted by Gasteiger charge is -2.15. The highest BCUT2D eigenvalue weighted by atomic mass is 16.5. The van der Waals surface area contributed by atoms with Crippen molar-refractivity contribution >= 4 is 23.2 Å². The van der Waals surface area contributed by atoms with E-state index < -0.39 is 0 Å². The Hall–Kier alpha value is -1.92. The summed E-state index contributed by atoms with van der Waals surface area (Å²) in [7, 11) is 0. The van der Waals surface area contributed by atoms with Crippen LogP contribution in [0.2, 0.25) is 0 Å². The first-order chi connectivity index (χ1) is 12.4. The minimum absolute atomic E-state index is 0.0853. The number of anilines is 2. The van der Waals surface area contributed by atoms with Crippen molar-refractivity contribution in [1.82, 2.24) is 0 Å². The zero-order chi connectivity index (χ0) is 18.9. The summed E-state index contributed by atoms with van der Waals surface area (Å²) in [5.74, 6) is 0.378. The molecule has 1 aromatic carbocycles. The number of hydrogen-bond acceptors (Lipinski definition) is 4. The van der Waals surface area contributed by atoms with E-state index in [1.165, 1.54) is 0 Å². The van der Waals surface area contributed by atoms with Crippen LogP contribution in [0.4, 0.5) is 11.4 Å². The Bertz CT molecular complexity index is 580. The molecule has 1 aromatic rings. The fraction of sp³-hybridized carbons (Fsp3) is 0.600. The monoisotopic (exact) mass is 362 g/mol. The number of rotatable bonds is 9. The third-order valence-corrected chi connectivity index (χ3v) is 4.19. The fourth-order valence-electron chi connectivity index (χ4n) is 2.95. The number of benzene rings is 1. The maximum absolute atomic E-state index is 12.0. The third kappa shape index (κ3) is 7.14. The topological polar surface area (TPSA) is 76.7 Å². The summed E-state index contributed by atoms with van der Waals surface area (Å²) in [4.78, 5) is 24.0. The SMILES string of the molecule is CC(C)C[C@H](C)OCCC(=O)Nc1ccc(NC(=O)[C@@H]2CCCO2)cc1. The van der Waals surface area contributed by atoms with Crippen molar-refractivity contribution in [3.8, 4) is 0 Å². The highest BCUT2D eigenvalue weighted by molar-refractivity contribution is 5.95. The van der Waals surface area contributed by atoms with Gasteiger partial charge >= 0.3 is 0 Å². The van der Waals surface area contributed by atoms with E-state index in [9.17, 15) is 9.59 Å². The molecule has 0 aromatic heterocycles. The van der Waals surface area contributed by atoms with Crippen molar-refractivity contribution < 1.29 is 19.1 Å². The molecule has 6 nitrogen and oxygen atoms in total. The molecule has 2 amide bonds. The van der Waals surface area contributed by atoms with Gasteiger partial charge in [-0.05, 0) is 56.4 Å². The van der Waals surface area contributed by atoms with Gasteiger partial charge in [0.15, 0.2) is 0 Å². The van der Waals surface area contributed by atoms with Crippen LogP contribution in [0.3, 0.4) is 0 Å². The number of hydrogen-bond donors (Lipinski definition) is 2. The number of carbonyl (C=O) groups excluding carboxylic acids is 2. The second-order valence-corrected chi connectivity index (χ2v) is 7.18. The van der Waals surface area contributed by atoms with E-state index in [1.54, 1.807) is 24.3 Å².